The molecule has 0 unspecified atom stereocenters. The predicted octanol–water partition coefficient (Wildman–Crippen LogP) is 2.74. The highest BCUT2D eigenvalue weighted by molar-refractivity contribution is 7.89. The molecule has 0 amide bonds. The van der Waals surface area contributed by atoms with Crippen LogP contribution in [0.15, 0.2) is 17.0 Å². The minimum absolute atomic E-state index is 0.0446. The van der Waals surface area contributed by atoms with E-state index < -0.39 is 10.0 Å². The molecule has 1 aromatic carbocycles. The first-order chi connectivity index (χ1) is 8.71. The maximum atomic E-state index is 12.5. The van der Waals surface area contributed by atoms with Crippen molar-refractivity contribution >= 4 is 33.2 Å². The molecule has 0 saturated heterocycles. The molecular formula is C12H18Cl2N2O2S. The van der Waals surface area contributed by atoms with Gasteiger partial charge in [0.2, 0.25) is 10.0 Å². The van der Waals surface area contributed by atoms with E-state index in [1.807, 2.05) is 0 Å². The van der Waals surface area contributed by atoms with Gasteiger partial charge in [-0.15, -0.1) is 0 Å². The van der Waals surface area contributed by atoms with Crippen LogP contribution in [0.2, 0.25) is 10.0 Å². The Morgan fingerprint density at radius 1 is 1.32 bits per heavy atom. The van der Waals surface area contributed by atoms with Gasteiger partial charge < -0.3 is 5.32 Å². The summed E-state index contributed by atoms with van der Waals surface area (Å²) in [6.45, 7) is 4.04. The van der Waals surface area contributed by atoms with E-state index in [2.05, 4.69) is 5.32 Å². The molecule has 0 aromatic heterocycles. The lowest BCUT2D eigenvalue weighted by atomic mass is 10.2. The van der Waals surface area contributed by atoms with Crippen molar-refractivity contribution in [1.82, 2.24) is 9.62 Å². The Morgan fingerprint density at radius 3 is 2.37 bits per heavy atom. The Kier molecular flexibility index (Phi) is 5.65. The lowest BCUT2D eigenvalue weighted by molar-refractivity contribution is 0.410. The summed E-state index contributed by atoms with van der Waals surface area (Å²) in [4.78, 5) is 0.0446. The zero-order chi connectivity index (χ0) is 14.8. The normalized spacial score (nSPS) is 12.4. The van der Waals surface area contributed by atoms with Gasteiger partial charge in [-0.05, 0) is 38.6 Å². The molecule has 1 N–H and O–H groups in total. The summed E-state index contributed by atoms with van der Waals surface area (Å²) in [6.07, 6.45) is 0. The fraction of sp³-hybridized carbons (Fsp3) is 0.500. The van der Waals surface area contributed by atoms with E-state index in [4.69, 9.17) is 23.2 Å². The van der Waals surface area contributed by atoms with E-state index in [0.29, 0.717) is 17.1 Å². The first kappa shape index (κ1) is 16.7. The Hall–Kier alpha value is -0.330. The van der Waals surface area contributed by atoms with Gasteiger partial charge in [0.05, 0.1) is 5.02 Å². The summed E-state index contributed by atoms with van der Waals surface area (Å²) in [5.41, 5.74) is 0.660. The summed E-state index contributed by atoms with van der Waals surface area (Å²) >= 11 is 12.2. The molecule has 0 atom stereocenters. The van der Waals surface area contributed by atoms with Crippen molar-refractivity contribution in [2.45, 2.75) is 31.3 Å². The second-order valence-electron chi connectivity index (χ2n) is 4.52. The molecule has 0 bridgehead atoms. The third-order valence-electron chi connectivity index (χ3n) is 2.83. The van der Waals surface area contributed by atoms with Crippen molar-refractivity contribution in [1.29, 1.82) is 0 Å². The minimum Gasteiger partial charge on any atom is -0.316 e. The van der Waals surface area contributed by atoms with Gasteiger partial charge in [-0.25, -0.2) is 8.42 Å². The zero-order valence-corrected chi connectivity index (χ0v) is 13.7. The number of rotatable bonds is 5. The van der Waals surface area contributed by atoms with Crippen molar-refractivity contribution in [2.24, 2.45) is 0 Å². The molecule has 1 rings (SSSR count). The van der Waals surface area contributed by atoms with Gasteiger partial charge in [0.1, 0.15) is 4.90 Å². The third kappa shape index (κ3) is 3.61. The van der Waals surface area contributed by atoms with E-state index in [1.165, 1.54) is 17.4 Å². The van der Waals surface area contributed by atoms with Gasteiger partial charge in [0, 0.05) is 24.7 Å². The lowest BCUT2D eigenvalue weighted by Gasteiger charge is -2.22. The molecule has 108 valence electrons. The van der Waals surface area contributed by atoms with Crippen LogP contribution in [0.4, 0.5) is 0 Å². The van der Waals surface area contributed by atoms with Gasteiger partial charge >= 0.3 is 0 Å². The predicted molar refractivity (Wildman–Crippen MR) is 79.3 cm³/mol. The molecule has 0 spiro atoms. The number of nitrogens with one attached hydrogen (secondary N) is 1. The molecule has 4 nitrogen and oxygen atoms in total. The van der Waals surface area contributed by atoms with E-state index in [9.17, 15) is 8.42 Å². The highest BCUT2D eigenvalue weighted by Crippen LogP contribution is 2.31. The number of benzene rings is 1. The van der Waals surface area contributed by atoms with Gasteiger partial charge in [-0.3, -0.25) is 0 Å². The second-order valence-corrected chi connectivity index (χ2v) is 7.30. The van der Waals surface area contributed by atoms with Crippen LogP contribution in [0.1, 0.15) is 19.4 Å². The molecule has 0 saturated carbocycles. The zero-order valence-electron chi connectivity index (χ0n) is 11.4. The SMILES string of the molecule is CNCc1cc(Cl)cc(S(=O)(=O)N(C)C(C)C)c1Cl. The standard InChI is InChI=1S/C12H18Cl2N2O2S/c1-8(2)16(4)19(17,18)11-6-10(13)5-9(7-15-3)12(11)14/h5-6,8,15H,7H2,1-4H3. The van der Waals surface area contributed by atoms with Crippen LogP contribution < -0.4 is 5.32 Å². The number of sulfonamides is 1. The molecule has 0 aliphatic carbocycles. The molecule has 19 heavy (non-hydrogen) atoms. The molecule has 1 aromatic rings. The average Bonchev–Trinajstić information content (AvgIpc) is 2.32. The molecule has 7 heteroatoms. The van der Waals surface area contributed by atoms with Gasteiger partial charge in [0.25, 0.3) is 0 Å². The molecule has 0 aliphatic heterocycles. The molecular weight excluding hydrogens is 307 g/mol. The van der Waals surface area contributed by atoms with Crippen LogP contribution in [0, 0.1) is 0 Å². The van der Waals surface area contributed by atoms with Crippen molar-refractivity contribution in [2.75, 3.05) is 14.1 Å². The first-order valence-electron chi connectivity index (χ1n) is 5.82. The number of halogens is 2. The molecule has 0 heterocycles. The van der Waals surface area contributed by atoms with E-state index in [1.54, 1.807) is 27.0 Å². The molecule has 0 fully saturated rings. The summed E-state index contributed by atoms with van der Waals surface area (Å²) in [6, 6.07) is 2.89. The highest BCUT2D eigenvalue weighted by atomic mass is 35.5. The number of hydrogen-bond donors (Lipinski definition) is 1. The monoisotopic (exact) mass is 324 g/mol. The van der Waals surface area contributed by atoms with Gasteiger partial charge in [-0.2, -0.15) is 4.31 Å². The quantitative estimate of drug-likeness (QED) is 0.906. The molecule has 0 aliphatic rings. The summed E-state index contributed by atoms with van der Waals surface area (Å²) in [7, 11) is -0.365. The average molecular weight is 325 g/mol. The van der Waals surface area contributed by atoms with Gasteiger partial charge in [-0.1, -0.05) is 23.2 Å². The fourth-order valence-electron chi connectivity index (χ4n) is 1.56. The Morgan fingerprint density at radius 2 is 1.89 bits per heavy atom. The maximum Gasteiger partial charge on any atom is 0.244 e. The largest absolute Gasteiger partial charge is 0.316 e. The van der Waals surface area contributed by atoms with E-state index in [-0.39, 0.29) is 16.0 Å². The van der Waals surface area contributed by atoms with E-state index in [0.717, 1.165) is 0 Å². The van der Waals surface area contributed by atoms with Gasteiger partial charge in [0.15, 0.2) is 0 Å². The van der Waals surface area contributed by atoms with Crippen molar-refractivity contribution < 1.29 is 8.42 Å². The van der Waals surface area contributed by atoms with Crippen molar-refractivity contribution in [3.8, 4) is 0 Å². The summed E-state index contributed by atoms with van der Waals surface area (Å²) in [5.74, 6) is 0. The van der Waals surface area contributed by atoms with Crippen LogP contribution in [0.3, 0.4) is 0 Å². The first-order valence-corrected chi connectivity index (χ1v) is 8.02. The smallest absolute Gasteiger partial charge is 0.244 e. The van der Waals surface area contributed by atoms with Crippen molar-refractivity contribution in [3.05, 3.63) is 27.7 Å². The highest BCUT2D eigenvalue weighted by Gasteiger charge is 2.27. The summed E-state index contributed by atoms with van der Waals surface area (Å²) in [5, 5.41) is 3.50. The van der Waals surface area contributed by atoms with Crippen molar-refractivity contribution in [3.63, 3.8) is 0 Å². The van der Waals surface area contributed by atoms with Crippen LogP contribution in [0.25, 0.3) is 0 Å². The molecule has 0 radical (unpaired) electrons. The minimum atomic E-state index is -3.64. The maximum absolute atomic E-state index is 12.5. The van der Waals surface area contributed by atoms with Crippen LogP contribution in [0.5, 0.6) is 0 Å². The fourth-order valence-corrected chi connectivity index (χ4v) is 3.83. The Bertz CT molecular complexity index is 559. The number of nitrogens with zero attached hydrogens (tertiary/aromatic N) is 1. The second kappa shape index (κ2) is 6.41. The van der Waals surface area contributed by atoms with E-state index >= 15 is 0 Å². The number of hydrogen-bond acceptors (Lipinski definition) is 3. The van der Waals surface area contributed by atoms with Crippen LogP contribution in [-0.2, 0) is 16.6 Å². The Balaban J connectivity index is 3.42. The summed E-state index contributed by atoms with van der Waals surface area (Å²) < 4.78 is 26.2. The third-order valence-corrected chi connectivity index (χ3v) is 5.67. The topological polar surface area (TPSA) is 49.4 Å². The van der Waals surface area contributed by atoms with Crippen LogP contribution in [-0.4, -0.2) is 32.9 Å². The van der Waals surface area contributed by atoms with Crippen LogP contribution >= 0.6 is 23.2 Å². The lowest BCUT2D eigenvalue weighted by Crippen LogP contribution is -2.33. The Labute approximate surface area is 124 Å².